The van der Waals surface area contributed by atoms with E-state index in [2.05, 4.69) is 24.4 Å². The standard InChI is InChI=1S/C21H34N2O/c1-14(24)22-23-19-10-9-17-16-8-7-15-6-4-5-12-20(15,2)18(16)11-13-21(17,19)3/h15-18H,4-13H2,1-3H3,(H,22,24)/b23-19+/t15-,16-,17-,18-,20+,21+/m1/s1. The van der Waals surface area contributed by atoms with Crippen molar-refractivity contribution >= 4 is 11.6 Å². The molecule has 24 heavy (non-hydrogen) atoms. The van der Waals surface area contributed by atoms with Gasteiger partial charge in [0.05, 0.1) is 0 Å². The molecule has 0 saturated heterocycles. The van der Waals surface area contributed by atoms with E-state index < -0.39 is 0 Å². The number of nitrogens with zero attached hydrogens (tertiary/aromatic N) is 1. The van der Waals surface area contributed by atoms with Crippen LogP contribution in [0.2, 0.25) is 0 Å². The van der Waals surface area contributed by atoms with Crippen LogP contribution >= 0.6 is 0 Å². The van der Waals surface area contributed by atoms with E-state index in [9.17, 15) is 4.79 Å². The Hall–Kier alpha value is -0.860. The summed E-state index contributed by atoms with van der Waals surface area (Å²) in [6.07, 6.45) is 13.8. The zero-order valence-corrected chi connectivity index (χ0v) is 15.7. The van der Waals surface area contributed by atoms with Crippen LogP contribution in [-0.4, -0.2) is 11.6 Å². The monoisotopic (exact) mass is 330 g/mol. The minimum atomic E-state index is -0.0431. The second-order valence-electron chi connectivity index (χ2n) is 9.62. The van der Waals surface area contributed by atoms with E-state index in [-0.39, 0.29) is 11.3 Å². The number of hydrazone groups is 1. The summed E-state index contributed by atoms with van der Waals surface area (Å²) in [4.78, 5) is 11.3. The minimum Gasteiger partial charge on any atom is -0.274 e. The van der Waals surface area contributed by atoms with E-state index in [0.717, 1.165) is 30.1 Å². The smallest absolute Gasteiger partial charge is 0.236 e. The van der Waals surface area contributed by atoms with Crippen molar-refractivity contribution in [2.75, 3.05) is 0 Å². The lowest BCUT2D eigenvalue weighted by Gasteiger charge is -2.59. The van der Waals surface area contributed by atoms with Crippen LogP contribution in [0.3, 0.4) is 0 Å². The predicted octanol–water partition coefficient (Wildman–Crippen LogP) is 4.91. The van der Waals surface area contributed by atoms with Gasteiger partial charge >= 0.3 is 0 Å². The molecule has 0 radical (unpaired) electrons. The Morgan fingerprint density at radius 3 is 2.67 bits per heavy atom. The quantitative estimate of drug-likeness (QED) is 0.682. The fourth-order valence-corrected chi connectivity index (χ4v) is 7.41. The fourth-order valence-electron chi connectivity index (χ4n) is 7.41. The highest BCUT2D eigenvalue weighted by atomic mass is 16.2. The number of nitrogens with one attached hydrogen (secondary N) is 1. The molecule has 0 aliphatic heterocycles. The first-order chi connectivity index (χ1) is 11.4. The average Bonchev–Trinajstić information content (AvgIpc) is 2.89. The summed E-state index contributed by atoms with van der Waals surface area (Å²) in [5.74, 6) is 3.58. The van der Waals surface area contributed by atoms with Gasteiger partial charge in [0.1, 0.15) is 0 Å². The third-order valence-corrected chi connectivity index (χ3v) is 8.67. The predicted molar refractivity (Wildman–Crippen MR) is 97.6 cm³/mol. The number of hydrogen-bond donors (Lipinski definition) is 1. The molecule has 0 aromatic rings. The van der Waals surface area contributed by atoms with Crippen molar-refractivity contribution in [1.82, 2.24) is 5.43 Å². The summed E-state index contributed by atoms with van der Waals surface area (Å²) in [7, 11) is 0. The van der Waals surface area contributed by atoms with Crippen LogP contribution < -0.4 is 5.43 Å². The summed E-state index contributed by atoms with van der Waals surface area (Å²) >= 11 is 0. The van der Waals surface area contributed by atoms with Crippen molar-refractivity contribution in [3.05, 3.63) is 0 Å². The third-order valence-electron chi connectivity index (χ3n) is 8.67. The molecule has 4 saturated carbocycles. The fraction of sp³-hybridized carbons (Fsp3) is 0.905. The normalized spacial score (nSPS) is 49.2. The molecule has 0 unspecified atom stereocenters. The van der Waals surface area contributed by atoms with Gasteiger partial charge in [-0.25, -0.2) is 5.43 Å². The van der Waals surface area contributed by atoms with Crippen molar-refractivity contribution in [2.24, 2.45) is 39.6 Å². The molecule has 4 fully saturated rings. The average molecular weight is 331 g/mol. The van der Waals surface area contributed by atoms with Crippen molar-refractivity contribution in [2.45, 2.75) is 85.0 Å². The molecular weight excluding hydrogens is 296 g/mol. The van der Waals surface area contributed by atoms with Crippen LogP contribution in [0.4, 0.5) is 0 Å². The number of fused-ring (bicyclic) bond motifs is 5. The molecule has 3 heteroatoms. The van der Waals surface area contributed by atoms with Crippen LogP contribution in [0.5, 0.6) is 0 Å². The Kier molecular flexibility index (Phi) is 4.04. The van der Waals surface area contributed by atoms with E-state index in [1.54, 1.807) is 6.92 Å². The topological polar surface area (TPSA) is 41.5 Å². The number of rotatable bonds is 1. The van der Waals surface area contributed by atoms with Gasteiger partial charge in [-0.3, -0.25) is 4.79 Å². The molecule has 4 rings (SSSR count). The highest BCUT2D eigenvalue weighted by Gasteiger charge is 2.58. The summed E-state index contributed by atoms with van der Waals surface area (Å²) in [5.41, 5.74) is 4.84. The van der Waals surface area contributed by atoms with Crippen LogP contribution in [0.25, 0.3) is 0 Å². The van der Waals surface area contributed by atoms with E-state index >= 15 is 0 Å². The SMILES string of the molecule is CC(=O)N/N=C1\CC[C@@H]2[C@H]3CC[C@H]4CCCC[C@]4(C)[C@@H]3CC[C@]12C. The highest BCUT2D eigenvalue weighted by Crippen LogP contribution is 2.65. The molecule has 1 N–H and O–H groups in total. The number of amides is 1. The zero-order chi connectivity index (χ0) is 16.9. The molecular formula is C21H34N2O. The summed E-state index contributed by atoms with van der Waals surface area (Å²) < 4.78 is 0. The van der Waals surface area contributed by atoms with Gasteiger partial charge < -0.3 is 0 Å². The van der Waals surface area contributed by atoms with E-state index in [0.29, 0.717) is 5.41 Å². The number of hydrogen-bond acceptors (Lipinski definition) is 2. The van der Waals surface area contributed by atoms with Crippen molar-refractivity contribution in [3.8, 4) is 0 Å². The van der Waals surface area contributed by atoms with Gasteiger partial charge in [-0.15, -0.1) is 0 Å². The molecule has 6 atom stereocenters. The Balaban J connectivity index is 1.59. The molecule has 0 heterocycles. The molecule has 0 aromatic carbocycles. The van der Waals surface area contributed by atoms with Crippen LogP contribution in [0.1, 0.15) is 85.0 Å². The van der Waals surface area contributed by atoms with Gasteiger partial charge in [0.15, 0.2) is 0 Å². The lowest BCUT2D eigenvalue weighted by Crippen LogP contribution is -2.52. The summed E-state index contributed by atoms with van der Waals surface area (Å²) in [6.45, 7) is 6.63. The van der Waals surface area contributed by atoms with Crippen LogP contribution in [0.15, 0.2) is 5.10 Å². The zero-order valence-electron chi connectivity index (χ0n) is 15.7. The Bertz CT molecular complexity index is 556. The first-order valence-corrected chi connectivity index (χ1v) is 10.3. The maximum Gasteiger partial charge on any atom is 0.236 e. The minimum absolute atomic E-state index is 0.0431. The first-order valence-electron chi connectivity index (χ1n) is 10.3. The molecule has 0 aromatic heterocycles. The van der Waals surface area contributed by atoms with E-state index in [4.69, 9.17) is 0 Å². The molecule has 134 valence electrons. The van der Waals surface area contributed by atoms with Crippen LogP contribution in [-0.2, 0) is 4.79 Å². The maximum atomic E-state index is 11.3. The lowest BCUT2D eigenvalue weighted by molar-refractivity contribution is -0.118. The van der Waals surface area contributed by atoms with E-state index in [1.807, 2.05) is 0 Å². The maximum absolute atomic E-state index is 11.3. The highest BCUT2D eigenvalue weighted by molar-refractivity contribution is 5.93. The second kappa shape index (κ2) is 5.85. The van der Waals surface area contributed by atoms with Crippen molar-refractivity contribution in [1.29, 1.82) is 0 Å². The second-order valence-corrected chi connectivity index (χ2v) is 9.62. The van der Waals surface area contributed by atoms with E-state index in [1.165, 1.54) is 63.5 Å². The molecule has 0 spiro atoms. The largest absolute Gasteiger partial charge is 0.274 e. The van der Waals surface area contributed by atoms with Gasteiger partial charge in [-0.2, -0.15) is 5.10 Å². The Labute approximate surface area is 147 Å². The van der Waals surface area contributed by atoms with Crippen molar-refractivity contribution in [3.63, 3.8) is 0 Å². The molecule has 4 aliphatic carbocycles. The number of carbonyl (C=O) groups excluding carboxylic acids is 1. The summed E-state index contributed by atoms with van der Waals surface area (Å²) in [5, 5.41) is 4.53. The molecule has 1 amide bonds. The van der Waals surface area contributed by atoms with Gasteiger partial charge in [-0.05, 0) is 80.5 Å². The van der Waals surface area contributed by atoms with Gasteiger partial charge in [-0.1, -0.05) is 26.7 Å². The van der Waals surface area contributed by atoms with Gasteiger partial charge in [0.2, 0.25) is 5.91 Å². The Morgan fingerprint density at radius 2 is 1.88 bits per heavy atom. The first kappa shape index (κ1) is 16.6. The van der Waals surface area contributed by atoms with Gasteiger partial charge in [0, 0.05) is 18.1 Å². The lowest BCUT2D eigenvalue weighted by atomic mass is 9.45. The summed E-state index contributed by atoms with van der Waals surface area (Å²) in [6, 6.07) is 0. The van der Waals surface area contributed by atoms with Crippen LogP contribution in [0, 0.1) is 34.5 Å². The molecule has 0 bridgehead atoms. The number of carbonyl (C=O) groups is 1. The molecule has 3 nitrogen and oxygen atoms in total. The van der Waals surface area contributed by atoms with Gasteiger partial charge in [0.25, 0.3) is 0 Å². The molecule has 4 aliphatic rings. The Morgan fingerprint density at radius 1 is 1.04 bits per heavy atom. The third kappa shape index (κ3) is 2.37. The van der Waals surface area contributed by atoms with Crippen molar-refractivity contribution < 1.29 is 4.79 Å².